The van der Waals surface area contributed by atoms with Crippen LogP contribution in [0.2, 0.25) is 0 Å². The lowest BCUT2D eigenvalue weighted by Crippen LogP contribution is -2.49. The molecule has 2 aromatic rings. The highest BCUT2D eigenvalue weighted by Crippen LogP contribution is 2.44. The average Bonchev–Trinajstić information content (AvgIpc) is 2.75. The minimum Gasteiger partial charge on any atom is -0.478 e. The van der Waals surface area contributed by atoms with Gasteiger partial charge in [-0.3, -0.25) is 9.69 Å². The summed E-state index contributed by atoms with van der Waals surface area (Å²) in [6, 6.07) is 15.6. The van der Waals surface area contributed by atoms with Crippen molar-refractivity contribution in [2.24, 2.45) is 0 Å². The van der Waals surface area contributed by atoms with E-state index in [-0.39, 0.29) is 17.6 Å². The Morgan fingerprint density at radius 3 is 2.58 bits per heavy atom. The smallest absolute Gasteiger partial charge is 0.335 e. The van der Waals surface area contributed by atoms with E-state index in [9.17, 15) is 14.7 Å². The van der Waals surface area contributed by atoms with Crippen molar-refractivity contribution in [3.63, 3.8) is 0 Å². The number of hydrogen-bond donors (Lipinski definition) is 1. The molecule has 1 atom stereocenters. The Morgan fingerprint density at radius 1 is 1.13 bits per heavy atom. The van der Waals surface area contributed by atoms with Gasteiger partial charge in [-0.05, 0) is 48.1 Å². The Kier molecular flexibility index (Phi) is 6.12. The molecule has 0 aliphatic carbocycles. The fourth-order valence-electron chi connectivity index (χ4n) is 4.82. The maximum absolute atomic E-state index is 12.3. The zero-order valence-corrected chi connectivity index (χ0v) is 18.2. The topological polar surface area (TPSA) is 70.1 Å². The molecule has 0 saturated carbocycles. The van der Waals surface area contributed by atoms with Gasteiger partial charge in [-0.25, -0.2) is 4.79 Å². The first-order valence-electron chi connectivity index (χ1n) is 10.9. The van der Waals surface area contributed by atoms with Gasteiger partial charge >= 0.3 is 5.97 Å². The first-order valence-corrected chi connectivity index (χ1v) is 10.9. The van der Waals surface area contributed by atoms with E-state index < -0.39 is 5.97 Å². The van der Waals surface area contributed by atoms with Crippen LogP contribution in [0.5, 0.6) is 0 Å². The third-order valence-corrected chi connectivity index (χ3v) is 6.49. The fourth-order valence-corrected chi connectivity index (χ4v) is 4.82. The maximum Gasteiger partial charge on any atom is 0.335 e. The summed E-state index contributed by atoms with van der Waals surface area (Å²) < 4.78 is 6.66. The summed E-state index contributed by atoms with van der Waals surface area (Å²) in [5, 5.41) is 9.24. The lowest BCUT2D eigenvalue weighted by molar-refractivity contribution is -0.154. The number of ether oxygens (including phenoxy) is 1. The van der Waals surface area contributed by atoms with Crippen molar-refractivity contribution in [2.45, 2.75) is 43.9 Å². The van der Waals surface area contributed by atoms with Crippen molar-refractivity contribution in [2.75, 3.05) is 27.2 Å². The summed E-state index contributed by atoms with van der Waals surface area (Å²) in [4.78, 5) is 27.6. The number of carboxylic acid groups (broad SMARTS) is 1. The molecule has 164 valence electrons. The van der Waals surface area contributed by atoms with Crippen LogP contribution in [0.3, 0.4) is 0 Å². The Bertz CT molecular complexity index is 963. The summed E-state index contributed by atoms with van der Waals surface area (Å²) >= 11 is 0. The average molecular weight is 423 g/mol. The summed E-state index contributed by atoms with van der Waals surface area (Å²) in [5.74, 6) is -0.805. The van der Waals surface area contributed by atoms with Crippen molar-refractivity contribution in [3.05, 3.63) is 70.8 Å². The third kappa shape index (κ3) is 4.65. The molecule has 0 aromatic heterocycles. The van der Waals surface area contributed by atoms with Crippen molar-refractivity contribution in [1.82, 2.24) is 9.80 Å². The Morgan fingerprint density at radius 2 is 1.87 bits per heavy atom. The molecule has 1 unspecified atom stereocenters. The molecular weight excluding hydrogens is 392 g/mol. The quantitative estimate of drug-likeness (QED) is 0.801. The molecule has 0 bridgehead atoms. The number of amides is 1. The number of benzene rings is 2. The number of carboxylic acids is 1. The highest BCUT2D eigenvalue weighted by atomic mass is 16.5. The second-order valence-electron chi connectivity index (χ2n) is 8.87. The fraction of sp³-hybridized carbons (Fsp3) is 0.440. The van der Waals surface area contributed by atoms with Crippen LogP contribution >= 0.6 is 0 Å². The largest absolute Gasteiger partial charge is 0.478 e. The van der Waals surface area contributed by atoms with Crippen LogP contribution in [0.25, 0.3) is 0 Å². The van der Waals surface area contributed by atoms with Gasteiger partial charge < -0.3 is 14.7 Å². The molecule has 2 aromatic carbocycles. The number of carbonyl (C=O) groups is 2. The number of carbonyl (C=O) groups excluding carboxylic acids is 1. The summed E-state index contributed by atoms with van der Waals surface area (Å²) in [6.45, 7) is 2.45. The zero-order chi connectivity index (χ0) is 22.0. The Balaban J connectivity index is 1.48. The second-order valence-corrected chi connectivity index (χ2v) is 8.87. The third-order valence-electron chi connectivity index (χ3n) is 6.49. The van der Waals surface area contributed by atoms with Crippen LogP contribution in [0.1, 0.15) is 46.3 Å². The van der Waals surface area contributed by atoms with Crippen LogP contribution in [0.4, 0.5) is 0 Å². The molecule has 2 heterocycles. The Hall–Kier alpha value is -2.70. The molecule has 6 heteroatoms. The van der Waals surface area contributed by atoms with Crippen molar-refractivity contribution in [1.29, 1.82) is 0 Å². The molecule has 1 spiro atoms. The van der Waals surface area contributed by atoms with E-state index in [1.165, 1.54) is 11.1 Å². The van der Waals surface area contributed by atoms with Crippen LogP contribution in [0.15, 0.2) is 48.5 Å². The minimum atomic E-state index is -0.898. The van der Waals surface area contributed by atoms with Gasteiger partial charge in [-0.1, -0.05) is 36.4 Å². The van der Waals surface area contributed by atoms with Gasteiger partial charge in [-0.15, -0.1) is 0 Å². The monoisotopic (exact) mass is 422 g/mol. The first kappa shape index (κ1) is 21.5. The van der Waals surface area contributed by atoms with Gasteiger partial charge in [-0.2, -0.15) is 0 Å². The lowest BCUT2D eigenvalue weighted by Gasteiger charge is -2.47. The van der Waals surface area contributed by atoms with Crippen LogP contribution < -0.4 is 0 Å². The predicted molar refractivity (Wildman–Crippen MR) is 118 cm³/mol. The van der Waals surface area contributed by atoms with Gasteiger partial charge in [0.15, 0.2) is 0 Å². The molecule has 6 nitrogen and oxygen atoms in total. The van der Waals surface area contributed by atoms with E-state index in [2.05, 4.69) is 29.2 Å². The van der Waals surface area contributed by atoms with Crippen LogP contribution in [0, 0.1) is 0 Å². The first-order chi connectivity index (χ1) is 14.9. The van der Waals surface area contributed by atoms with Gasteiger partial charge in [0.05, 0.1) is 23.7 Å². The molecule has 1 saturated heterocycles. The van der Waals surface area contributed by atoms with Crippen LogP contribution in [-0.4, -0.2) is 60.1 Å². The number of nitrogens with zero attached hydrogens (tertiary/aromatic N) is 2. The highest BCUT2D eigenvalue weighted by molar-refractivity contribution is 5.87. The normalized spacial score (nSPS) is 20.3. The number of aromatic carboxylic acids is 1. The standard InChI is InChI=1S/C25H30N2O4/c1-26(2)23(28)16-21-15-19-7-3-4-9-22(19)25(31-21)10-12-27(13-11-25)17-18-6-5-8-20(14-18)24(29)30/h3-9,14,21H,10-13,15-17H2,1-2H3,(H,29,30). The van der Waals surface area contributed by atoms with E-state index in [4.69, 9.17) is 4.74 Å². The van der Waals surface area contributed by atoms with E-state index in [0.717, 1.165) is 44.5 Å². The highest BCUT2D eigenvalue weighted by Gasteiger charge is 2.43. The molecule has 1 fully saturated rings. The molecule has 2 aliphatic heterocycles. The number of hydrogen-bond acceptors (Lipinski definition) is 4. The van der Waals surface area contributed by atoms with Crippen molar-refractivity contribution in [3.8, 4) is 0 Å². The van der Waals surface area contributed by atoms with E-state index >= 15 is 0 Å². The summed E-state index contributed by atoms with van der Waals surface area (Å²) in [7, 11) is 3.57. The number of piperidine rings is 1. The summed E-state index contributed by atoms with van der Waals surface area (Å²) in [6.07, 6.45) is 2.77. The molecule has 0 radical (unpaired) electrons. The molecule has 31 heavy (non-hydrogen) atoms. The number of likely N-dealkylation sites (tertiary alicyclic amines) is 1. The second kappa shape index (κ2) is 8.81. The predicted octanol–water partition coefficient (Wildman–Crippen LogP) is 3.30. The van der Waals surface area contributed by atoms with E-state index in [1.54, 1.807) is 37.2 Å². The maximum atomic E-state index is 12.3. The molecule has 4 rings (SSSR count). The van der Waals surface area contributed by atoms with Gasteiger partial charge in [0, 0.05) is 33.7 Å². The van der Waals surface area contributed by atoms with E-state index in [1.807, 2.05) is 6.07 Å². The molecular formula is C25H30N2O4. The van der Waals surface area contributed by atoms with Gasteiger partial charge in [0.25, 0.3) is 0 Å². The number of fused-ring (bicyclic) bond motifs is 2. The molecule has 1 amide bonds. The van der Waals surface area contributed by atoms with Crippen molar-refractivity contribution < 1.29 is 19.4 Å². The SMILES string of the molecule is CN(C)C(=O)CC1Cc2ccccc2C2(CCN(Cc3cccc(C(=O)O)c3)CC2)O1. The molecule has 2 aliphatic rings. The van der Waals surface area contributed by atoms with Crippen molar-refractivity contribution >= 4 is 11.9 Å². The summed E-state index contributed by atoms with van der Waals surface area (Å²) in [5.41, 5.74) is 3.52. The lowest BCUT2D eigenvalue weighted by atomic mass is 9.77. The zero-order valence-electron chi connectivity index (χ0n) is 18.2. The number of rotatable bonds is 5. The van der Waals surface area contributed by atoms with Gasteiger partial charge in [0.1, 0.15) is 0 Å². The van der Waals surface area contributed by atoms with Gasteiger partial charge in [0.2, 0.25) is 5.91 Å². The Labute approximate surface area is 183 Å². The van der Waals surface area contributed by atoms with E-state index in [0.29, 0.717) is 12.0 Å². The van der Waals surface area contributed by atoms with Crippen LogP contribution in [-0.2, 0) is 28.1 Å². The molecule has 1 N–H and O–H groups in total. The minimum absolute atomic E-state index is 0.0929.